The molecule has 2 heterocycles. The lowest BCUT2D eigenvalue weighted by Crippen LogP contribution is -2.63. The molecule has 6 unspecified atom stereocenters. The summed E-state index contributed by atoms with van der Waals surface area (Å²) in [6, 6.07) is 0. The molecule has 0 bridgehead atoms. The van der Waals surface area contributed by atoms with E-state index in [2.05, 4.69) is 0 Å². The molecule has 0 aromatic heterocycles. The highest BCUT2D eigenvalue weighted by atomic mass is 16.7. The fourth-order valence-electron chi connectivity index (χ4n) is 3.50. The predicted octanol–water partition coefficient (Wildman–Crippen LogP) is -0.266. The second-order valence-corrected chi connectivity index (χ2v) is 7.92. The van der Waals surface area contributed by atoms with Gasteiger partial charge < -0.3 is 43.0 Å². The van der Waals surface area contributed by atoms with Crippen LogP contribution in [0, 0.1) is 0 Å². The van der Waals surface area contributed by atoms with Crippen LogP contribution in [0.3, 0.4) is 0 Å². The first-order chi connectivity index (χ1) is 17.3. The predicted molar refractivity (Wildman–Crippen MR) is 114 cm³/mol. The van der Waals surface area contributed by atoms with Gasteiger partial charge in [0.15, 0.2) is 24.1 Å². The van der Waals surface area contributed by atoms with E-state index in [4.69, 9.17) is 37.9 Å². The summed E-state index contributed by atoms with van der Waals surface area (Å²) in [6.07, 6.45) is -8.96. The zero-order valence-corrected chi connectivity index (χ0v) is 20.7. The minimum Gasteiger partial charge on any atom is -0.505 e. The molecular formula is C22H28O15. The molecule has 15 heteroatoms. The lowest BCUT2D eigenvalue weighted by molar-refractivity contribution is -0.300. The van der Waals surface area contributed by atoms with E-state index in [0.29, 0.717) is 0 Å². The number of aliphatic hydroxyl groups excluding tert-OH is 1. The molecule has 15 nitrogen and oxygen atoms in total. The van der Waals surface area contributed by atoms with E-state index < -0.39 is 90.8 Å². The summed E-state index contributed by atoms with van der Waals surface area (Å²) < 4.78 is 41.7. The van der Waals surface area contributed by atoms with Crippen LogP contribution >= 0.6 is 0 Å². The number of rotatable bonds is 10. The first-order valence-electron chi connectivity index (χ1n) is 11.0. The van der Waals surface area contributed by atoms with E-state index in [9.17, 15) is 33.9 Å². The van der Waals surface area contributed by atoms with Gasteiger partial charge in [0.1, 0.15) is 12.7 Å². The molecule has 1 saturated heterocycles. The van der Waals surface area contributed by atoms with E-state index in [0.717, 1.165) is 27.7 Å². The summed E-state index contributed by atoms with van der Waals surface area (Å²) in [5, 5.41) is 10.5. The van der Waals surface area contributed by atoms with Crippen molar-refractivity contribution in [2.45, 2.75) is 77.8 Å². The van der Waals surface area contributed by atoms with E-state index >= 15 is 0 Å². The third-order valence-corrected chi connectivity index (χ3v) is 4.84. The SMILES string of the molecule is CC(=O)OCCC1OC(=O)C(OC2OC(COC(C)=O)C(OC(C)=O)C(OC(C)=O)C2OC(C)=O)=C1O. The highest BCUT2D eigenvalue weighted by molar-refractivity contribution is 5.89. The molecule has 2 aliphatic rings. The van der Waals surface area contributed by atoms with Crippen LogP contribution in [0.2, 0.25) is 0 Å². The second-order valence-electron chi connectivity index (χ2n) is 7.92. The Morgan fingerprint density at radius 2 is 1.32 bits per heavy atom. The van der Waals surface area contributed by atoms with Gasteiger partial charge in [0, 0.05) is 41.0 Å². The lowest BCUT2D eigenvalue weighted by Gasteiger charge is -2.43. The number of hydrogen-bond acceptors (Lipinski definition) is 15. The number of carbonyl (C=O) groups is 6. The van der Waals surface area contributed by atoms with Crippen LogP contribution in [0.15, 0.2) is 11.5 Å². The minimum atomic E-state index is -1.74. The smallest absolute Gasteiger partial charge is 0.378 e. The number of hydrogen-bond donors (Lipinski definition) is 1. The maximum absolute atomic E-state index is 12.4. The molecule has 0 spiro atoms. The first kappa shape index (κ1) is 29.4. The van der Waals surface area contributed by atoms with Crippen molar-refractivity contribution in [3.05, 3.63) is 11.5 Å². The normalized spacial score (nSPS) is 27.0. The van der Waals surface area contributed by atoms with E-state index in [1.807, 2.05) is 0 Å². The highest BCUT2D eigenvalue weighted by Gasteiger charge is 2.54. The van der Waals surface area contributed by atoms with Crippen molar-refractivity contribution in [2.75, 3.05) is 13.2 Å². The standard InChI is InChI=1S/C22H28O15/c1-9(23)30-7-6-14-16(28)18(21(29)35-14)37-22-20(34-13(5)27)19(33-12(4)26)17(32-11(3)25)15(36-22)8-31-10(2)24/h14-15,17,19-20,22,28H,6-8H2,1-5H3. The lowest BCUT2D eigenvalue weighted by atomic mass is 9.98. The second kappa shape index (κ2) is 12.9. The van der Waals surface area contributed by atoms with Gasteiger partial charge in [-0.3, -0.25) is 24.0 Å². The largest absolute Gasteiger partial charge is 0.505 e. The minimum absolute atomic E-state index is 0.0947. The molecule has 6 atom stereocenters. The Morgan fingerprint density at radius 1 is 0.784 bits per heavy atom. The van der Waals surface area contributed by atoms with Crippen molar-refractivity contribution < 1.29 is 71.8 Å². The summed E-state index contributed by atoms with van der Waals surface area (Å²) in [6.45, 7) is 4.72. The van der Waals surface area contributed by atoms with Crippen LogP contribution in [0.4, 0.5) is 0 Å². The van der Waals surface area contributed by atoms with E-state index in [-0.39, 0.29) is 13.0 Å². The Balaban J connectivity index is 2.42. The van der Waals surface area contributed by atoms with Gasteiger partial charge >= 0.3 is 35.8 Å². The zero-order valence-electron chi connectivity index (χ0n) is 20.7. The molecule has 2 aliphatic heterocycles. The topological polar surface area (TPSA) is 196 Å². The van der Waals surface area contributed by atoms with Crippen LogP contribution < -0.4 is 0 Å². The van der Waals surface area contributed by atoms with E-state index in [1.54, 1.807) is 0 Å². The van der Waals surface area contributed by atoms with Crippen LogP contribution in [0.5, 0.6) is 0 Å². The summed E-state index contributed by atoms with van der Waals surface area (Å²) in [4.78, 5) is 70.2. The summed E-state index contributed by atoms with van der Waals surface area (Å²) in [5.74, 6) is -6.36. The van der Waals surface area contributed by atoms with Crippen LogP contribution in [0.25, 0.3) is 0 Å². The molecule has 2 rings (SSSR count). The molecule has 0 aromatic rings. The molecular weight excluding hydrogens is 504 g/mol. The molecule has 1 N–H and O–H groups in total. The summed E-state index contributed by atoms with van der Waals surface area (Å²) >= 11 is 0. The maximum atomic E-state index is 12.4. The molecule has 0 aromatic carbocycles. The highest BCUT2D eigenvalue weighted by Crippen LogP contribution is 2.33. The van der Waals surface area contributed by atoms with Gasteiger partial charge in [0.25, 0.3) is 0 Å². The summed E-state index contributed by atoms with van der Waals surface area (Å²) in [7, 11) is 0. The van der Waals surface area contributed by atoms with Crippen LogP contribution in [-0.4, -0.2) is 90.9 Å². The van der Waals surface area contributed by atoms with Crippen molar-refractivity contribution >= 4 is 35.8 Å². The first-order valence-corrected chi connectivity index (χ1v) is 11.0. The molecule has 37 heavy (non-hydrogen) atoms. The Morgan fingerprint density at radius 3 is 1.86 bits per heavy atom. The number of cyclic esters (lactones) is 1. The number of ether oxygens (including phenoxy) is 8. The van der Waals surface area contributed by atoms with Gasteiger partial charge in [-0.1, -0.05) is 0 Å². The Hall–Kier alpha value is -3.88. The zero-order chi connectivity index (χ0) is 27.9. The number of esters is 6. The van der Waals surface area contributed by atoms with Crippen molar-refractivity contribution in [3.63, 3.8) is 0 Å². The van der Waals surface area contributed by atoms with Gasteiger partial charge in [-0.15, -0.1) is 0 Å². The van der Waals surface area contributed by atoms with Gasteiger partial charge in [0.05, 0.1) is 6.61 Å². The fraction of sp³-hybridized carbons (Fsp3) is 0.636. The van der Waals surface area contributed by atoms with Gasteiger partial charge in [-0.05, 0) is 0 Å². The quantitative estimate of drug-likeness (QED) is 0.285. The van der Waals surface area contributed by atoms with Crippen molar-refractivity contribution in [1.29, 1.82) is 0 Å². The summed E-state index contributed by atoms with van der Waals surface area (Å²) in [5.41, 5.74) is 0. The molecule has 1 fully saturated rings. The van der Waals surface area contributed by atoms with Crippen LogP contribution in [-0.2, 0) is 66.7 Å². The monoisotopic (exact) mass is 532 g/mol. The Bertz CT molecular complexity index is 954. The van der Waals surface area contributed by atoms with Crippen molar-refractivity contribution in [3.8, 4) is 0 Å². The Labute approximate surface area is 210 Å². The molecule has 0 radical (unpaired) electrons. The Kier molecular flexibility index (Phi) is 10.2. The number of carbonyl (C=O) groups excluding carboxylic acids is 6. The average molecular weight is 532 g/mol. The number of aliphatic hydroxyl groups is 1. The maximum Gasteiger partial charge on any atom is 0.378 e. The molecule has 0 aliphatic carbocycles. The van der Waals surface area contributed by atoms with Crippen molar-refractivity contribution in [2.24, 2.45) is 0 Å². The third-order valence-electron chi connectivity index (χ3n) is 4.84. The van der Waals surface area contributed by atoms with Gasteiger partial charge in [-0.25, -0.2) is 4.79 Å². The van der Waals surface area contributed by atoms with E-state index in [1.165, 1.54) is 6.92 Å². The average Bonchev–Trinajstić information content (AvgIpc) is 3.02. The molecule has 206 valence electrons. The van der Waals surface area contributed by atoms with Gasteiger partial charge in [0.2, 0.25) is 18.2 Å². The van der Waals surface area contributed by atoms with Crippen LogP contribution in [0.1, 0.15) is 41.0 Å². The van der Waals surface area contributed by atoms with Crippen molar-refractivity contribution in [1.82, 2.24) is 0 Å². The third kappa shape index (κ3) is 8.34. The fourth-order valence-corrected chi connectivity index (χ4v) is 3.50. The molecule has 0 saturated carbocycles. The van der Waals surface area contributed by atoms with Gasteiger partial charge in [-0.2, -0.15) is 0 Å². The molecule has 0 amide bonds.